The average Bonchev–Trinajstić information content (AvgIpc) is 3.17. The number of nitrogens with one attached hydrogen (secondary N) is 1. The van der Waals surface area contributed by atoms with Crippen LogP contribution in [0.5, 0.6) is 11.6 Å². The molecule has 2 aromatic heterocycles. The predicted molar refractivity (Wildman–Crippen MR) is 104 cm³/mol. The molecule has 0 fully saturated rings. The number of ether oxygens (including phenoxy) is 2. The summed E-state index contributed by atoms with van der Waals surface area (Å²) in [6.07, 6.45) is 2.57. The van der Waals surface area contributed by atoms with Crippen LogP contribution in [-0.2, 0) is 22.5 Å². The number of thiophene rings is 1. The van der Waals surface area contributed by atoms with Crippen LogP contribution in [-0.4, -0.2) is 17.5 Å². The number of carbonyl (C=O) groups is 1. The topological polar surface area (TPSA) is 60.5 Å². The van der Waals surface area contributed by atoms with Gasteiger partial charge >= 0.3 is 0 Å². The van der Waals surface area contributed by atoms with Gasteiger partial charge in [-0.25, -0.2) is 9.37 Å². The Morgan fingerprint density at radius 3 is 3.14 bits per heavy atom. The van der Waals surface area contributed by atoms with E-state index in [0.29, 0.717) is 23.8 Å². The second-order valence-corrected chi connectivity index (χ2v) is 7.38. The highest BCUT2D eigenvalue weighted by molar-refractivity contribution is 7.10. The van der Waals surface area contributed by atoms with Crippen molar-refractivity contribution in [1.82, 2.24) is 10.3 Å². The number of carbonyl (C=O) groups excluding carboxylic acids is 1. The lowest BCUT2D eigenvalue weighted by Crippen LogP contribution is -2.27. The molecule has 1 unspecified atom stereocenters. The maximum Gasteiger partial charge on any atom is 0.224 e. The first-order valence-electron chi connectivity index (χ1n) is 9.01. The molecule has 1 N–H and O–H groups in total. The van der Waals surface area contributed by atoms with Gasteiger partial charge in [0.15, 0.2) is 0 Å². The zero-order valence-corrected chi connectivity index (χ0v) is 15.9. The number of rotatable bonds is 6. The van der Waals surface area contributed by atoms with Crippen molar-refractivity contribution in [1.29, 1.82) is 0 Å². The second kappa shape index (κ2) is 8.50. The molecule has 3 aromatic rings. The van der Waals surface area contributed by atoms with E-state index < -0.39 is 0 Å². The normalized spacial score (nSPS) is 15.7. The fourth-order valence-corrected chi connectivity index (χ4v) is 4.11. The zero-order chi connectivity index (χ0) is 19.3. The number of hydrogen-bond acceptors (Lipinski definition) is 5. The largest absolute Gasteiger partial charge is 0.439 e. The Bertz CT molecular complexity index is 976. The molecular weight excluding hydrogens is 379 g/mol. The molecule has 144 valence electrons. The molecule has 5 nitrogen and oxygen atoms in total. The minimum absolute atomic E-state index is 0.105. The summed E-state index contributed by atoms with van der Waals surface area (Å²) in [6.45, 7) is 0.900. The summed E-state index contributed by atoms with van der Waals surface area (Å²) in [5.74, 6) is 0.200. The molecule has 0 spiro atoms. The molecule has 1 aliphatic rings. The Hall–Kier alpha value is -2.77. The molecule has 0 aliphatic carbocycles. The summed E-state index contributed by atoms with van der Waals surface area (Å²) in [5.41, 5.74) is 1.98. The molecule has 4 rings (SSSR count). The van der Waals surface area contributed by atoms with Crippen molar-refractivity contribution in [3.8, 4) is 11.6 Å². The number of hydrogen-bond donors (Lipinski definition) is 1. The number of pyridine rings is 1. The number of aromatic nitrogens is 1. The lowest BCUT2D eigenvalue weighted by Gasteiger charge is -2.22. The van der Waals surface area contributed by atoms with Crippen LogP contribution in [0.1, 0.15) is 28.5 Å². The Kier molecular flexibility index (Phi) is 5.64. The molecule has 1 atom stereocenters. The van der Waals surface area contributed by atoms with Crippen molar-refractivity contribution in [2.75, 3.05) is 6.61 Å². The van der Waals surface area contributed by atoms with Crippen molar-refractivity contribution in [3.05, 3.63) is 75.9 Å². The standard InChI is InChI=1S/C21H19FN2O3S/c22-16-4-1-5-17(11-16)27-21-15(3-2-8-23-21)13-24-19(25)12-18-20-14(6-9-26-18)7-10-28-20/h1-5,7-8,10-11,18H,6,9,12-13H2,(H,24,25). The number of nitrogens with zero attached hydrogens (tertiary/aromatic N) is 1. The van der Waals surface area contributed by atoms with Crippen LogP contribution in [0.2, 0.25) is 0 Å². The number of amides is 1. The average molecular weight is 398 g/mol. The molecule has 1 aliphatic heterocycles. The van der Waals surface area contributed by atoms with Crippen LogP contribution in [0.25, 0.3) is 0 Å². The molecule has 28 heavy (non-hydrogen) atoms. The highest BCUT2D eigenvalue weighted by Gasteiger charge is 2.24. The van der Waals surface area contributed by atoms with Gasteiger partial charge in [-0.2, -0.15) is 0 Å². The Balaban J connectivity index is 1.38. The molecule has 0 bridgehead atoms. The van der Waals surface area contributed by atoms with Crippen LogP contribution in [0.4, 0.5) is 4.39 Å². The first-order chi connectivity index (χ1) is 13.7. The molecule has 0 radical (unpaired) electrons. The van der Waals surface area contributed by atoms with Crippen molar-refractivity contribution >= 4 is 17.2 Å². The Morgan fingerprint density at radius 2 is 2.25 bits per heavy atom. The quantitative estimate of drug-likeness (QED) is 0.669. The zero-order valence-electron chi connectivity index (χ0n) is 15.1. The second-order valence-electron chi connectivity index (χ2n) is 6.43. The van der Waals surface area contributed by atoms with Gasteiger partial charge in [0, 0.05) is 29.2 Å². The lowest BCUT2D eigenvalue weighted by molar-refractivity contribution is -0.124. The molecule has 1 amide bonds. The summed E-state index contributed by atoms with van der Waals surface area (Å²) >= 11 is 1.63. The van der Waals surface area contributed by atoms with Crippen molar-refractivity contribution in [2.45, 2.75) is 25.5 Å². The van der Waals surface area contributed by atoms with Crippen molar-refractivity contribution in [3.63, 3.8) is 0 Å². The van der Waals surface area contributed by atoms with E-state index in [1.54, 1.807) is 35.7 Å². The first kappa shape index (κ1) is 18.6. The summed E-state index contributed by atoms with van der Waals surface area (Å²) < 4.78 is 24.8. The molecule has 0 saturated heterocycles. The van der Waals surface area contributed by atoms with Crippen LogP contribution < -0.4 is 10.1 Å². The Morgan fingerprint density at radius 1 is 1.32 bits per heavy atom. The molecule has 1 aromatic carbocycles. The summed E-state index contributed by atoms with van der Waals surface area (Å²) in [7, 11) is 0. The SMILES string of the molecule is O=C(CC1OCCc2ccsc21)NCc1cccnc1Oc1cccc(F)c1. The van der Waals surface area contributed by atoms with Gasteiger partial charge in [-0.15, -0.1) is 11.3 Å². The predicted octanol–water partition coefficient (Wildman–Crippen LogP) is 4.39. The fourth-order valence-electron chi connectivity index (χ4n) is 3.10. The summed E-state index contributed by atoms with van der Waals surface area (Å²) in [5, 5.41) is 4.94. The molecule has 3 heterocycles. The van der Waals surface area contributed by atoms with Gasteiger partial charge in [0.05, 0.1) is 13.0 Å². The van der Waals surface area contributed by atoms with E-state index in [1.807, 2.05) is 11.4 Å². The Labute approximate surface area is 166 Å². The van der Waals surface area contributed by atoms with E-state index in [2.05, 4.69) is 16.4 Å². The van der Waals surface area contributed by atoms with E-state index in [0.717, 1.165) is 11.3 Å². The number of benzene rings is 1. The van der Waals surface area contributed by atoms with Gasteiger partial charge < -0.3 is 14.8 Å². The van der Waals surface area contributed by atoms with E-state index in [1.165, 1.54) is 17.7 Å². The highest BCUT2D eigenvalue weighted by Crippen LogP contribution is 2.33. The van der Waals surface area contributed by atoms with Gasteiger partial charge in [0.1, 0.15) is 17.7 Å². The molecular formula is C21H19FN2O3S. The monoisotopic (exact) mass is 398 g/mol. The van der Waals surface area contributed by atoms with Crippen LogP contribution in [0.3, 0.4) is 0 Å². The van der Waals surface area contributed by atoms with Gasteiger partial charge in [-0.1, -0.05) is 12.1 Å². The van der Waals surface area contributed by atoms with Gasteiger partial charge in [0.25, 0.3) is 0 Å². The molecule has 0 saturated carbocycles. The summed E-state index contributed by atoms with van der Waals surface area (Å²) in [6, 6.07) is 11.5. The minimum atomic E-state index is -0.385. The van der Waals surface area contributed by atoms with E-state index in [4.69, 9.17) is 9.47 Å². The molecule has 7 heteroatoms. The van der Waals surface area contributed by atoms with E-state index in [-0.39, 0.29) is 30.8 Å². The highest BCUT2D eigenvalue weighted by atomic mass is 32.1. The van der Waals surface area contributed by atoms with Crippen molar-refractivity contribution < 1.29 is 18.7 Å². The van der Waals surface area contributed by atoms with E-state index in [9.17, 15) is 9.18 Å². The first-order valence-corrected chi connectivity index (χ1v) is 9.89. The number of fused-ring (bicyclic) bond motifs is 1. The third kappa shape index (κ3) is 4.37. The smallest absolute Gasteiger partial charge is 0.224 e. The maximum absolute atomic E-state index is 13.4. The van der Waals surface area contributed by atoms with Gasteiger partial charge in [-0.05, 0) is 41.6 Å². The van der Waals surface area contributed by atoms with Crippen LogP contribution in [0.15, 0.2) is 54.0 Å². The number of halogens is 1. The lowest BCUT2D eigenvalue weighted by atomic mass is 10.1. The van der Waals surface area contributed by atoms with Gasteiger partial charge in [-0.3, -0.25) is 4.79 Å². The van der Waals surface area contributed by atoms with Gasteiger partial charge in [0.2, 0.25) is 11.8 Å². The van der Waals surface area contributed by atoms with Crippen LogP contribution in [0, 0.1) is 5.82 Å². The van der Waals surface area contributed by atoms with E-state index >= 15 is 0 Å². The van der Waals surface area contributed by atoms with Crippen LogP contribution >= 0.6 is 11.3 Å². The fraction of sp³-hybridized carbons (Fsp3) is 0.238. The van der Waals surface area contributed by atoms with Crippen molar-refractivity contribution in [2.24, 2.45) is 0 Å². The minimum Gasteiger partial charge on any atom is -0.439 e. The third-order valence-corrected chi connectivity index (χ3v) is 5.52. The summed E-state index contributed by atoms with van der Waals surface area (Å²) in [4.78, 5) is 17.8. The maximum atomic E-state index is 13.4. The third-order valence-electron chi connectivity index (χ3n) is 4.47.